The lowest BCUT2D eigenvalue weighted by molar-refractivity contribution is 0.139. The first-order valence-electron chi connectivity index (χ1n) is 8.24. The Morgan fingerprint density at radius 1 is 1.05 bits per heavy atom. The Morgan fingerprint density at radius 3 is 2.60 bits per heavy atom. The highest BCUT2D eigenvalue weighted by Crippen LogP contribution is 2.41. The molecule has 1 aromatic rings. The summed E-state index contributed by atoms with van der Waals surface area (Å²) in [6.07, 6.45) is 10.1. The fourth-order valence-corrected chi connectivity index (χ4v) is 4.92. The van der Waals surface area contributed by atoms with Gasteiger partial charge in [-0.1, -0.05) is 59.8 Å². The van der Waals surface area contributed by atoms with Crippen molar-refractivity contribution in [3.8, 4) is 0 Å². The van der Waals surface area contributed by atoms with Crippen molar-refractivity contribution in [1.82, 2.24) is 5.32 Å². The minimum Gasteiger partial charge on any atom is -0.307 e. The van der Waals surface area contributed by atoms with Gasteiger partial charge in [0.25, 0.3) is 0 Å². The van der Waals surface area contributed by atoms with Gasteiger partial charge in [-0.3, -0.25) is 0 Å². The van der Waals surface area contributed by atoms with Crippen LogP contribution in [-0.2, 0) is 0 Å². The molecule has 0 bridgehead atoms. The molecule has 2 aliphatic rings. The standard InChI is InChI=1S/C18H26BrN/c1-13(17-8-4-5-9-18(17)19)20-16-11-10-14-6-2-3-7-15(14)12-16/h4-5,8-9,13-16,20H,2-3,6-7,10-12H2,1H3/t13-,14?,15?,16?/m1/s1. The highest BCUT2D eigenvalue weighted by atomic mass is 79.9. The minimum atomic E-state index is 0.440. The number of nitrogens with one attached hydrogen (secondary N) is 1. The third-order valence-electron chi connectivity index (χ3n) is 5.40. The van der Waals surface area contributed by atoms with E-state index < -0.39 is 0 Å². The summed E-state index contributed by atoms with van der Waals surface area (Å²) in [7, 11) is 0. The van der Waals surface area contributed by atoms with Crippen LogP contribution >= 0.6 is 15.9 Å². The van der Waals surface area contributed by atoms with Crippen LogP contribution in [0.15, 0.2) is 28.7 Å². The largest absolute Gasteiger partial charge is 0.307 e. The van der Waals surface area contributed by atoms with Gasteiger partial charge in [0, 0.05) is 16.6 Å². The zero-order valence-electron chi connectivity index (χ0n) is 12.4. The summed E-state index contributed by atoms with van der Waals surface area (Å²) in [5.74, 6) is 2.04. The maximum atomic E-state index is 3.88. The van der Waals surface area contributed by atoms with E-state index in [4.69, 9.17) is 0 Å². The molecule has 0 aromatic heterocycles. The van der Waals surface area contributed by atoms with Crippen molar-refractivity contribution in [1.29, 1.82) is 0 Å². The van der Waals surface area contributed by atoms with Gasteiger partial charge < -0.3 is 5.32 Å². The molecule has 3 unspecified atom stereocenters. The molecule has 0 aliphatic heterocycles. The van der Waals surface area contributed by atoms with E-state index in [1.54, 1.807) is 0 Å². The van der Waals surface area contributed by atoms with Gasteiger partial charge in [0.15, 0.2) is 0 Å². The number of rotatable bonds is 3. The summed E-state index contributed by atoms with van der Waals surface area (Å²) in [5.41, 5.74) is 1.39. The molecule has 4 atom stereocenters. The number of hydrogen-bond acceptors (Lipinski definition) is 1. The van der Waals surface area contributed by atoms with Crippen LogP contribution in [0.1, 0.15) is 63.5 Å². The lowest BCUT2D eigenvalue weighted by atomic mass is 9.69. The Hall–Kier alpha value is -0.340. The lowest BCUT2D eigenvalue weighted by Gasteiger charge is -2.40. The monoisotopic (exact) mass is 335 g/mol. The van der Waals surface area contributed by atoms with Crippen molar-refractivity contribution in [2.45, 2.75) is 64.0 Å². The summed E-state index contributed by atoms with van der Waals surface area (Å²) >= 11 is 3.68. The summed E-state index contributed by atoms with van der Waals surface area (Å²) in [4.78, 5) is 0. The summed E-state index contributed by atoms with van der Waals surface area (Å²) in [5, 5.41) is 3.88. The predicted octanol–water partition coefficient (Wildman–Crippen LogP) is 5.46. The third kappa shape index (κ3) is 3.28. The van der Waals surface area contributed by atoms with Crippen LogP contribution < -0.4 is 5.32 Å². The Bertz CT molecular complexity index is 445. The van der Waals surface area contributed by atoms with Crippen LogP contribution in [0.3, 0.4) is 0 Å². The van der Waals surface area contributed by atoms with E-state index in [1.165, 1.54) is 55.0 Å². The van der Waals surface area contributed by atoms with Gasteiger partial charge in [0.05, 0.1) is 0 Å². The fraction of sp³-hybridized carbons (Fsp3) is 0.667. The average Bonchev–Trinajstić information content (AvgIpc) is 2.47. The van der Waals surface area contributed by atoms with Crippen LogP contribution in [0, 0.1) is 11.8 Å². The fourth-order valence-electron chi connectivity index (χ4n) is 4.29. The first kappa shape index (κ1) is 14.6. The highest BCUT2D eigenvalue weighted by molar-refractivity contribution is 9.10. The van der Waals surface area contributed by atoms with Crippen LogP contribution in [0.4, 0.5) is 0 Å². The Balaban J connectivity index is 1.59. The van der Waals surface area contributed by atoms with Crippen LogP contribution in [-0.4, -0.2) is 6.04 Å². The van der Waals surface area contributed by atoms with E-state index in [0.29, 0.717) is 6.04 Å². The molecule has 2 heteroatoms. The van der Waals surface area contributed by atoms with Crippen molar-refractivity contribution < 1.29 is 0 Å². The molecule has 20 heavy (non-hydrogen) atoms. The molecule has 2 fully saturated rings. The van der Waals surface area contributed by atoms with E-state index in [9.17, 15) is 0 Å². The van der Waals surface area contributed by atoms with E-state index in [1.807, 2.05) is 0 Å². The lowest BCUT2D eigenvalue weighted by Crippen LogP contribution is -2.39. The highest BCUT2D eigenvalue weighted by Gasteiger charge is 2.32. The molecule has 2 aliphatic carbocycles. The van der Waals surface area contributed by atoms with E-state index in [2.05, 4.69) is 52.4 Å². The Morgan fingerprint density at radius 2 is 1.80 bits per heavy atom. The molecule has 0 spiro atoms. The molecule has 0 heterocycles. The molecule has 0 radical (unpaired) electrons. The topological polar surface area (TPSA) is 12.0 Å². The first-order chi connectivity index (χ1) is 9.74. The van der Waals surface area contributed by atoms with Crippen molar-refractivity contribution in [2.75, 3.05) is 0 Å². The molecular weight excluding hydrogens is 310 g/mol. The average molecular weight is 336 g/mol. The molecule has 2 saturated carbocycles. The van der Waals surface area contributed by atoms with Gasteiger partial charge in [0.1, 0.15) is 0 Å². The number of halogens is 1. The zero-order valence-corrected chi connectivity index (χ0v) is 14.0. The van der Waals surface area contributed by atoms with Crippen LogP contribution in [0.2, 0.25) is 0 Å². The summed E-state index contributed by atoms with van der Waals surface area (Å²) < 4.78 is 1.23. The molecule has 1 aromatic carbocycles. The van der Waals surface area contributed by atoms with Gasteiger partial charge >= 0.3 is 0 Å². The van der Waals surface area contributed by atoms with Crippen molar-refractivity contribution >= 4 is 15.9 Å². The SMILES string of the molecule is C[C@@H](NC1CCC2CCCCC2C1)c1ccccc1Br. The van der Waals surface area contributed by atoms with Crippen LogP contribution in [0.25, 0.3) is 0 Å². The normalized spacial score (nSPS) is 31.6. The maximum Gasteiger partial charge on any atom is 0.0305 e. The zero-order chi connectivity index (χ0) is 13.9. The molecular formula is C18H26BrN. The molecule has 1 N–H and O–H groups in total. The molecule has 0 saturated heterocycles. The molecule has 110 valence electrons. The van der Waals surface area contributed by atoms with Gasteiger partial charge in [-0.25, -0.2) is 0 Å². The third-order valence-corrected chi connectivity index (χ3v) is 6.12. The van der Waals surface area contributed by atoms with Crippen molar-refractivity contribution in [2.24, 2.45) is 11.8 Å². The molecule has 1 nitrogen and oxygen atoms in total. The smallest absolute Gasteiger partial charge is 0.0305 e. The Kier molecular flexibility index (Phi) is 4.83. The van der Waals surface area contributed by atoms with Crippen LogP contribution in [0.5, 0.6) is 0 Å². The molecule has 3 rings (SSSR count). The van der Waals surface area contributed by atoms with Crippen molar-refractivity contribution in [3.63, 3.8) is 0 Å². The second-order valence-electron chi connectivity index (χ2n) is 6.72. The Labute approximate surface area is 131 Å². The number of fused-ring (bicyclic) bond motifs is 1. The summed E-state index contributed by atoms with van der Waals surface area (Å²) in [6.45, 7) is 2.30. The predicted molar refractivity (Wildman–Crippen MR) is 88.8 cm³/mol. The molecule has 0 amide bonds. The van der Waals surface area contributed by atoms with Gasteiger partial charge in [0.2, 0.25) is 0 Å². The minimum absolute atomic E-state index is 0.440. The van der Waals surface area contributed by atoms with E-state index in [0.717, 1.165) is 17.9 Å². The number of hydrogen-bond donors (Lipinski definition) is 1. The van der Waals surface area contributed by atoms with Gasteiger partial charge in [-0.05, 0) is 49.7 Å². The van der Waals surface area contributed by atoms with Gasteiger partial charge in [-0.2, -0.15) is 0 Å². The number of benzene rings is 1. The van der Waals surface area contributed by atoms with E-state index >= 15 is 0 Å². The van der Waals surface area contributed by atoms with E-state index in [-0.39, 0.29) is 0 Å². The summed E-state index contributed by atoms with van der Waals surface area (Å²) in [6, 6.07) is 9.76. The first-order valence-corrected chi connectivity index (χ1v) is 9.04. The quantitative estimate of drug-likeness (QED) is 0.773. The maximum absolute atomic E-state index is 3.88. The second kappa shape index (κ2) is 6.62. The van der Waals surface area contributed by atoms with Crippen molar-refractivity contribution in [3.05, 3.63) is 34.3 Å². The second-order valence-corrected chi connectivity index (χ2v) is 7.58. The van der Waals surface area contributed by atoms with Gasteiger partial charge in [-0.15, -0.1) is 0 Å².